The number of nitrogens with one attached hydrogen (secondary N) is 2. The summed E-state index contributed by atoms with van der Waals surface area (Å²) in [5.41, 5.74) is 2.58. The monoisotopic (exact) mass is 273 g/mol. The Morgan fingerprint density at radius 1 is 1.40 bits per heavy atom. The summed E-state index contributed by atoms with van der Waals surface area (Å²) < 4.78 is 0. The molecule has 0 radical (unpaired) electrons. The summed E-state index contributed by atoms with van der Waals surface area (Å²) >= 11 is 0. The van der Waals surface area contributed by atoms with Gasteiger partial charge in [0, 0.05) is 18.8 Å². The van der Waals surface area contributed by atoms with Gasteiger partial charge in [-0.3, -0.25) is 4.79 Å². The van der Waals surface area contributed by atoms with Crippen molar-refractivity contribution in [3.05, 3.63) is 29.8 Å². The van der Waals surface area contributed by atoms with Gasteiger partial charge in [0.15, 0.2) is 0 Å². The van der Waals surface area contributed by atoms with Gasteiger partial charge < -0.3 is 15.5 Å². The lowest BCUT2D eigenvalue weighted by molar-refractivity contribution is -0.120. The molecule has 20 heavy (non-hydrogen) atoms. The summed E-state index contributed by atoms with van der Waals surface area (Å²) in [6.07, 6.45) is 3.50. The second-order valence-electron chi connectivity index (χ2n) is 5.82. The largest absolute Gasteiger partial charge is 0.362 e. The Morgan fingerprint density at radius 3 is 3.15 bits per heavy atom. The molecule has 1 amide bonds. The first-order chi connectivity index (χ1) is 9.83. The lowest BCUT2D eigenvalue weighted by Crippen LogP contribution is -2.42. The molecule has 2 N–H and O–H groups in total. The second-order valence-corrected chi connectivity index (χ2v) is 5.82. The maximum Gasteiger partial charge on any atom is 0.239 e. The van der Waals surface area contributed by atoms with E-state index >= 15 is 0 Å². The van der Waals surface area contributed by atoms with Crippen molar-refractivity contribution in [1.29, 1.82) is 0 Å². The van der Waals surface area contributed by atoms with Crippen molar-refractivity contribution < 1.29 is 4.79 Å². The number of hydrogen-bond donors (Lipinski definition) is 2. The van der Waals surface area contributed by atoms with Gasteiger partial charge in [-0.25, -0.2) is 0 Å². The number of anilines is 1. The maximum absolute atomic E-state index is 12.1. The fraction of sp³-hybridized carbons (Fsp3) is 0.562. The van der Waals surface area contributed by atoms with Crippen LogP contribution in [-0.2, 0) is 11.2 Å². The number of benzene rings is 1. The van der Waals surface area contributed by atoms with Crippen LogP contribution in [0, 0.1) is 5.92 Å². The second kappa shape index (κ2) is 6.27. The lowest BCUT2D eigenvalue weighted by atomic mass is 10.00. The maximum atomic E-state index is 12.1. The number of amides is 1. The molecule has 1 saturated heterocycles. The number of carbonyl (C=O) groups excluding carboxylic acids is 1. The standard InChI is InChI=1S/C16H23N3O/c20-16(18-11-13-4-3-8-17-10-13)12-19-9-7-14-5-1-2-6-15(14)19/h1-2,5-6,13,17H,3-4,7-12H2,(H,18,20). The molecular weight excluding hydrogens is 250 g/mol. The Hall–Kier alpha value is -1.55. The fourth-order valence-corrected chi connectivity index (χ4v) is 3.16. The Kier molecular flexibility index (Phi) is 4.21. The smallest absolute Gasteiger partial charge is 0.239 e. The van der Waals surface area contributed by atoms with Crippen LogP contribution in [0.4, 0.5) is 5.69 Å². The first-order valence-corrected chi connectivity index (χ1v) is 7.63. The Labute approximate surface area is 120 Å². The van der Waals surface area contributed by atoms with E-state index in [9.17, 15) is 4.79 Å². The van der Waals surface area contributed by atoms with E-state index < -0.39 is 0 Å². The topological polar surface area (TPSA) is 44.4 Å². The van der Waals surface area contributed by atoms with Crippen LogP contribution < -0.4 is 15.5 Å². The molecule has 1 aromatic rings. The SMILES string of the molecule is O=C(CN1CCc2ccccc21)NCC1CCCNC1. The minimum atomic E-state index is 0.146. The van der Waals surface area contributed by atoms with E-state index in [1.807, 2.05) is 6.07 Å². The number of rotatable bonds is 4. The predicted molar refractivity (Wildman–Crippen MR) is 81.0 cm³/mol. The van der Waals surface area contributed by atoms with E-state index in [1.54, 1.807) is 0 Å². The summed E-state index contributed by atoms with van der Waals surface area (Å²) in [5.74, 6) is 0.742. The number of piperidine rings is 1. The van der Waals surface area contributed by atoms with Gasteiger partial charge in [-0.05, 0) is 49.9 Å². The molecule has 0 saturated carbocycles. The van der Waals surface area contributed by atoms with E-state index in [4.69, 9.17) is 0 Å². The van der Waals surface area contributed by atoms with Crippen molar-refractivity contribution in [3.63, 3.8) is 0 Å². The number of hydrogen-bond acceptors (Lipinski definition) is 3. The first kappa shape index (κ1) is 13.4. The van der Waals surface area contributed by atoms with Gasteiger partial charge in [0.2, 0.25) is 5.91 Å². The molecule has 2 aliphatic heterocycles. The summed E-state index contributed by atoms with van der Waals surface area (Å²) in [4.78, 5) is 14.3. The van der Waals surface area contributed by atoms with Crippen LogP contribution in [0.25, 0.3) is 0 Å². The summed E-state index contributed by atoms with van der Waals surface area (Å²) in [5, 5.41) is 6.47. The molecule has 4 nitrogen and oxygen atoms in total. The quantitative estimate of drug-likeness (QED) is 0.865. The van der Waals surface area contributed by atoms with Crippen LogP contribution >= 0.6 is 0 Å². The zero-order valence-corrected chi connectivity index (χ0v) is 11.9. The highest BCUT2D eigenvalue weighted by molar-refractivity contribution is 5.82. The van der Waals surface area contributed by atoms with Crippen molar-refractivity contribution in [3.8, 4) is 0 Å². The normalized spacial score (nSPS) is 21.6. The molecule has 1 atom stereocenters. The van der Waals surface area contributed by atoms with Gasteiger partial charge in [0.25, 0.3) is 0 Å². The van der Waals surface area contributed by atoms with E-state index in [1.165, 1.54) is 24.1 Å². The number of nitrogens with zero attached hydrogens (tertiary/aromatic N) is 1. The van der Waals surface area contributed by atoms with Gasteiger partial charge in [0.1, 0.15) is 0 Å². The zero-order valence-electron chi connectivity index (χ0n) is 11.9. The van der Waals surface area contributed by atoms with Gasteiger partial charge in [-0.15, -0.1) is 0 Å². The van der Waals surface area contributed by atoms with Crippen LogP contribution in [0.15, 0.2) is 24.3 Å². The molecule has 0 aliphatic carbocycles. The van der Waals surface area contributed by atoms with Gasteiger partial charge >= 0.3 is 0 Å². The van der Waals surface area contributed by atoms with E-state index in [2.05, 4.69) is 33.7 Å². The van der Waals surface area contributed by atoms with Gasteiger partial charge in [0.05, 0.1) is 6.54 Å². The molecular formula is C16H23N3O. The Morgan fingerprint density at radius 2 is 2.30 bits per heavy atom. The molecule has 0 spiro atoms. The van der Waals surface area contributed by atoms with Crippen molar-refractivity contribution in [2.75, 3.05) is 37.6 Å². The van der Waals surface area contributed by atoms with Gasteiger partial charge in [-0.2, -0.15) is 0 Å². The molecule has 108 valence electrons. The minimum Gasteiger partial charge on any atom is -0.362 e. The molecule has 0 aromatic heterocycles. The van der Waals surface area contributed by atoms with Crippen LogP contribution in [0.1, 0.15) is 18.4 Å². The molecule has 1 unspecified atom stereocenters. The highest BCUT2D eigenvalue weighted by atomic mass is 16.2. The average Bonchev–Trinajstić information content (AvgIpc) is 2.90. The summed E-state index contributed by atoms with van der Waals surface area (Å²) in [6, 6.07) is 8.38. The third-order valence-electron chi connectivity index (χ3n) is 4.30. The number of para-hydroxylation sites is 1. The molecule has 2 heterocycles. The number of fused-ring (bicyclic) bond motifs is 1. The highest BCUT2D eigenvalue weighted by Gasteiger charge is 2.21. The van der Waals surface area contributed by atoms with Crippen LogP contribution in [0.2, 0.25) is 0 Å². The average molecular weight is 273 g/mol. The summed E-state index contributed by atoms with van der Waals surface area (Å²) in [7, 11) is 0. The molecule has 1 fully saturated rings. The molecule has 2 aliphatic rings. The number of carbonyl (C=O) groups is 1. The van der Waals surface area contributed by atoms with Crippen molar-refractivity contribution in [2.45, 2.75) is 19.3 Å². The van der Waals surface area contributed by atoms with E-state index in [0.29, 0.717) is 12.5 Å². The zero-order chi connectivity index (χ0) is 13.8. The minimum absolute atomic E-state index is 0.146. The third kappa shape index (κ3) is 3.12. The van der Waals surface area contributed by atoms with Crippen molar-refractivity contribution in [2.24, 2.45) is 5.92 Å². The Bertz CT molecular complexity index is 469. The molecule has 3 rings (SSSR count). The Balaban J connectivity index is 1.47. The first-order valence-electron chi connectivity index (χ1n) is 7.63. The highest BCUT2D eigenvalue weighted by Crippen LogP contribution is 2.26. The lowest BCUT2D eigenvalue weighted by Gasteiger charge is -2.24. The molecule has 4 heteroatoms. The molecule has 0 bridgehead atoms. The van der Waals surface area contributed by atoms with Crippen molar-refractivity contribution >= 4 is 11.6 Å². The third-order valence-corrected chi connectivity index (χ3v) is 4.30. The predicted octanol–water partition coefficient (Wildman–Crippen LogP) is 1.16. The van der Waals surface area contributed by atoms with Crippen LogP contribution in [0.5, 0.6) is 0 Å². The van der Waals surface area contributed by atoms with Crippen molar-refractivity contribution in [1.82, 2.24) is 10.6 Å². The summed E-state index contributed by atoms with van der Waals surface area (Å²) in [6.45, 7) is 4.40. The van der Waals surface area contributed by atoms with E-state index in [0.717, 1.165) is 32.6 Å². The molecule has 1 aromatic carbocycles. The fourth-order valence-electron chi connectivity index (χ4n) is 3.16. The van der Waals surface area contributed by atoms with Crippen LogP contribution in [-0.4, -0.2) is 38.6 Å². The van der Waals surface area contributed by atoms with Crippen LogP contribution in [0.3, 0.4) is 0 Å². The van der Waals surface area contributed by atoms with Gasteiger partial charge in [-0.1, -0.05) is 18.2 Å². The van der Waals surface area contributed by atoms with E-state index in [-0.39, 0.29) is 5.91 Å².